The molecule has 5 rings (SSSR count). The number of carbonyl (C=O) groups is 2. The van der Waals surface area contributed by atoms with Gasteiger partial charge in [-0.1, -0.05) is 71.9 Å². The van der Waals surface area contributed by atoms with Gasteiger partial charge in [0.2, 0.25) is 10.0 Å². The molecule has 9 heteroatoms. The zero-order chi connectivity index (χ0) is 29.9. The van der Waals surface area contributed by atoms with Crippen LogP contribution in [0, 0.1) is 13.8 Å². The van der Waals surface area contributed by atoms with E-state index in [-0.39, 0.29) is 16.7 Å². The van der Waals surface area contributed by atoms with Crippen molar-refractivity contribution in [3.63, 3.8) is 0 Å². The molecule has 3 N–H and O–H groups in total. The molecule has 1 aliphatic rings. The highest BCUT2D eigenvalue weighted by atomic mass is 32.2. The minimum absolute atomic E-state index is 0.0527. The summed E-state index contributed by atoms with van der Waals surface area (Å²) in [5, 5.41) is 8.02. The van der Waals surface area contributed by atoms with Crippen LogP contribution < -0.4 is 15.4 Å². The van der Waals surface area contributed by atoms with Crippen LogP contribution in [0.25, 0.3) is 6.08 Å². The van der Waals surface area contributed by atoms with E-state index in [1.807, 2.05) is 47.4 Å². The standard InChI is InChI=1S/C33H31N3O4S2/c1-22-7-8-23(2)27(19-22)21-36-29-5-3-4-6-30(29)41-31(33(36)38)20-25-9-13-26(14-10-25)32(37)35-18-17-24-11-15-28(16-12-24)42(34,39)40/h3-16,19-20H,17-18,21H2,1-2H3,(H,35,37)(H2,34,39,40). The van der Waals surface area contributed by atoms with Gasteiger partial charge in [0.25, 0.3) is 11.8 Å². The quantitative estimate of drug-likeness (QED) is 0.257. The molecule has 42 heavy (non-hydrogen) atoms. The summed E-state index contributed by atoms with van der Waals surface area (Å²) in [6.07, 6.45) is 2.41. The lowest BCUT2D eigenvalue weighted by molar-refractivity contribution is -0.114. The van der Waals surface area contributed by atoms with E-state index >= 15 is 0 Å². The van der Waals surface area contributed by atoms with E-state index in [0.717, 1.165) is 38.4 Å². The summed E-state index contributed by atoms with van der Waals surface area (Å²) in [5.74, 6) is -0.273. The molecule has 4 aromatic rings. The smallest absolute Gasteiger partial charge is 0.265 e. The number of primary sulfonamides is 1. The van der Waals surface area contributed by atoms with Crippen LogP contribution in [0.1, 0.15) is 38.2 Å². The van der Waals surface area contributed by atoms with E-state index in [1.165, 1.54) is 23.9 Å². The third kappa shape index (κ3) is 6.82. The predicted molar refractivity (Wildman–Crippen MR) is 168 cm³/mol. The number of nitrogens with zero attached hydrogens (tertiary/aromatic N) is 1. The molecule has 0 saturated heterocycles. The molecular formula is C33H31N3O4S2. The zero-order valence-electron chi connectivity index (χ0n) is 23.3. The third-order valence-electron chi connectivity index (χ3n) is 7.09. The SMILES string of the molecule is Cc1ccc(C)c(CN2C(=O)C(=Cc3ccc(C(=O)NCCc4ccc(S(N)(=O)=O)cc4)cc3)Sc3ccccc32)c1. The van der Waals surface area contributed by atoms with Gasteiger partial charge in [0.05, 0.1) is 22.0 Å². The molecule has 0 radical (unpaired) electrons. The van der Waals surface area contributed by atoms with Gasteiger partial charge < -0.3 is 10.2 Å². The number of amides is 2. The first-order chi connectivity index (χ1) is 20.1. The lowest BCUT2D eigenvalue weighted by Gasteiger charge is -2.31. The fourth-order valence-corrected chi connectivity index (χ4v) is 6.28. The largest absolute Gasteiger partial charge is 0.352 e. The topological polar surface area (TPSA) is 110 Å². The summed E-state index contributed by atoms with van der Waals surface area (Å²) < 4.78 is 22.8. The second kappa shape index (κ2) is 12.4. The van der Waals surface area contributed by atoms with Crippen molar-refractivity contribution in [2.75, 3.05) is 11.4 Å². The van der Waals surface area contributed by atoms with Gasteiger partial charge in [0.1, 0.15) is 0 Å². The van der Waals surface area contributed by atoms with Crippen molar-refractivity contribution in [2.45, 2.75) is 36.6 Å². The second-order valence-electron chi connectivity index (χ2n) is 10.2. The van der Waals surface area contributed by atoms with Gasteiger partial charge in [-0.3, -0.25) is 9.59 Å². The number of nitrogens with one attached hydrogen (secondary N) is 1. The Bertz CT molecular complexity index is 1780. The molecule has 0 bridgehead atoms. The predicted octanol–water partition coefficient (Wildman–Crippen LogP) is 5.60. The Morgan fingerprint density at radius 3 is 2.38 bits per heavy atom. The summed E-state index contributed by atoms with van der Waals surface area (Å²) in [6.45, 7) is 4.99. The van der Waals surface area contributed by atoms with Crippen LogP contribution in [-0.4, -0.2) is 26.8 Å². The number of sulfonamides is 1. The molecule has 0 fully saturated rings. The highest BCUT2D eigenvalue weighted by Crippen LogP contribution is 2.42. The van der Waals surface area contributed by atoms with Crippen molar-refractivity contribution < 1.29 is 18.0 Å². The number of anilines is 1. The van der Waals surface area contributed by atoms with Gasteiger partial charge in [-0.2, -0.15) is 0 Å². The van der Waals surface area contributed by atoms with Crippen molar-refractivity contribution in [2.24, 2.45) is 5.14 Å². The van der Waals surface area contributed by atoms with E-state index < -0.39 is 10.0 Å². The van der Waals surface area contributed by atoms with E-state index in [9.17, 15) is 18.0 Å². The molecule has 0 aromatic heterocycles. The average Bonchev–Trinajstić information content (AvgIpc) is 2.97. The Hall–Kier alpha value is -4.18. The van der Waals surface area contributed by atoms with Crippen LogP contribution in [0.5, 0.6) is 0 Å². The summed E-state index contributed by atoms with van der Waals surface area (Å²) in [5.41, 5.74) is 6.52. The van der Waals surface area contributed by atoms with E-state index in [2.05, 4.69) is 37.4 Å². The maximum absolute atomic E-state index is 13.7. The monoisotopic (exact) mass is 597 g/mol. The van der Waals surface area contributed by atoms with Crippen LogP contribution in [-0.2, 0) is 27.8 Å². The van der Waals surface area contributed by atoms with E-state index in [1.54, 1.807) is 24.3 Å². The Labute approximate surface area is 250 Å². The molecule has 0 unspecified atom stereocenters. The van der Waals surface area contributed by atoms with Crippen LogP contribution in [0.15, 0.2) is 106 Å². The number of nitrogens with two attached hydrogens (primary N) is 1. The number of para-hydroxylation sites is 1. The van der Waals surface area contributed by atoms with Crippen molar-refractivity contribution in [1.29, 1.82) is 0 Å². The van der Waals surface area contributed by atoms with Gasteiger partial charge in [-0.25, -0.2) is 13.6 Å². The first-order valence-electron chi connectivity index (χ1n) is 13.4. The lowest BCUT2D eigenvalue weighted by Crippen LogP contribution is -2.34. The van der Waals surface area contributed by atoms with Gasteiger partial charge in [-0.15, -0.1) is 0 Å². The number of thioether (sulfide) groups is 1. The van der Waals surface area contributed by atoms with Crippen molar-refractivity contribution in [1.82, 2.24) is 5.32 Å². The van der Waals surface area contributed by atoms with Crippen LogP contribution >= 0.6 is 11.8 Å². The first-order valence-corrected chi connectivity index (χ1v) is 15.8. The molecule has 0 aliphatic carbocycles. The highest BCUT2D eigenvalue weighted by molar-refractivity contribution is 8.04. The van der Waals surface area contributed by atoms with Crippen molar-refractivity contribution in [3.8, 4) is 0 Å². The Morgan fingerprint density at radius 2 is 1.67 bits per heavy atom. The molecule has 0 spiro atoms. The highest BCUT2D eigenvalue weighted by Gasteiger charge is 2.29. The Kier molecular flexibility index (Phi) is 8.63. The molecule has 7 nitrogen and oxygen atoms in total. The number of hydrogen-bond donors (Lipinski definition) is 2. The summed E-state index contributed by atoms with van der Waals surface area (Å²) in [6, 6.07) is 27.6. The van der Waals surface area contributed by atoms with Gasteiger partial charge >= 0.3 is 0 Å². The van der Waals surface area contributed by atoms with Crippen LogP contribution in [0.4, 0.5) is 5.69 Å². The third-order valence-corrected chi connectivity index (χ3v) is 9.09. The fraction of sp³-hybridized carbons (Fsp3) is 0.152. The summed E-state index contributed by atoms with van der Waals surface area (Å²) >= 11 is 1.45. The number of rotatable bonds is 8. The van der Waals surface area contributed by atoms with Crippen LogP contribution in [0.2, 0.25) is 0 Å². The lowest BCUT2D eigenvalue weighted by atomic mass is 10.0. The number of benzene rings is 4. The summed E-state index contributed by atoms with van der Waals surface area (Å²) in [7, 11) is -3.73. The van der Waals surface area contributed by atoms with Gasteiger partial charge in [0.15, 0.2) is 0 Å². The molecule has 0 saturated carbocycles. The maximum atomic E-state index is 13.7. The molecule has 0 atom stereocenters. The van der Waals surface area contributed by atoms with Crippen molar-refractivity contribution in [3.05, 3.63) is 129 Å². The van der Waals surface area contributed by atoms with E-state index in [0.29, 0.717) is 30.0 Å². The zero-order valence-corrected chi connectivity index (χ0v) is 25.0. The molecule has 1 aliphatic heterocycles. The molecule has 4 aromatic carbocycles. The normalized spacial score (nSPS) is 14.1. The number of carbonyl (C=O) groups excluding carboxylic acids is 2. The summed E-state index contributed by atoms with van der Waals surface area (Å²) in [4.78, 5) is 29.9. The first kappa shape index (κ1) is 29.3. The fourth-order valence-electron chi connectivity index (χ4n) is 4.71. The Balaban J connectivity index is 1.26. The van der Waals surface area contributed by atoms with Crippen LogP contribution in [0.3, 0.4) is 0 Å². The number of aryl methyl sites for hydroxylation is 2. The number of hydrogen-bond acceptors (Lipinski definition) is 5. The Morgan fingerprint density at radius 1 is 0.952 bits per heavy atom. The minimum Gasteiger partial charge on any atom is -0.352 e. The van der Waals surface area contributed by atoms with E-state index in [4.69, 9.17) is 5.14 Å². The molecule has 2 amide bonds. The van der Waals surface area contributed by atoms with Crippen molar-refractivity contribution >= 4 is 45.4 Å². The molecule has 214 valence electrons. The number of fused-ring (bicyclic) bond motifs is 1. The average molecular weight is 598 g/mol. The maximum Gasteiger partial charge on any atom is 0.265 e. The molecule has 1 heterocycles. The molecular weight excluding hydrogens is 567 g/mol. The minimum atomic E-state index is -3.73. The van der Waals surface area contributed by atoms with Gasteiger partial charge in [0, 0.05) is 17.0 Å². The second-order valence-corrected chi connectivity index (χ2v) is 12.9. The van der Waals surface area contributed by atoms with Gasteiger partial charge in [-0.05, 0) is 85.0 Å².